The first kappa shape index (κ1) is 75.1. The summed E-state index contributed by atoms with van der Waals surface area (Å²) in [5.74, 6) is -10.3. The van der Waals surface area contributed by atoms with Gasteiger partial charge in [0.1, 0.15) is 66.2 Å². The number of amides is 12. The Morgan fingerprint density at radius 1 is 0.667 bits per heavy atom. The number of primary amides is 1. The van der Waals surface area contributed by atoms with E-state index in [1.165, 1.54) is 36.1 Å². The van der Waals surface area contributed by atoms with Crippen LogP contribution in [0.5, 0.6) is 5.75 Å². The molecule has 2 aliphatic rings. The van der Waals surface area contributed by atoms with Gasteiger partial charge in [0, 0.05) is 50.8 Å². The number of hydrogen-bond acceptors (Lipinski definition) is 15. The largest absolute Gasteiger partial charge is 0.508 e. The molecule has 6 rings (SSSR count). The van der Waals surface area contributed by atoms with Gasteiger partial charge in [0.05, 0.1) is 13.0 Å². The van der Waals surface area contributed by atoms with Crippen LogP contribution in [0.2, 0.25) is 5.02 Å². The molecule has 96 heavy (non-hydrogen) atoms. The Kier molecular flexibility index (Phi) is 28.7. The molecule has 10 atom stereocenters. The minimum absolute atomic E-state index is 0.0149. The molecule has 0 unspecified atom stereocenters. The van der Waals surface area contributed by atoms with E-state index in [0.29, 0.717) is 28.1 Å². The maximum absolute atomic E-state index is 15.0. The van der Waals surface area contributed by atoms with Crippen LogP contribution in [0, 0.1) is 5.92 Å². The van der Waals surface area contributed by atoms with Gasteiger partial charge in [0.15, 0.2) is 5.96 Å². The summed E-state index contributed by atoms with van der Waals surface area (Å²) in [4.78, 5) is 172. The van der Waals surface area contributed by atoms with Crippen LogP contribution in [0.1, 0.15) is 102 Å². The number of phenols is 1. The minimum Gasteiger partial charge on any atom is -0.508 e. The molecular weight excluding hydrogens is 1260 g/mol. The van der Waals surface area contributed by atoms with Crippen molar-refractivity contribution in [3.05, 3.63) is 113 Å². The van der Waals surface area contributed by atoms with Gasteiger partial charge in [-0.1, -0.05) is 92.2 Å². The van der Waals surface area contributed by atoms with Gasteiger partial charge in [-0.2, -0.15) is 0 Å². The lowest BCUT2D eigenvalue weighted by atomic mass is 9.98. The molecule has 2 aliphatic heterocycles. The second-order valence-corrected chi connectivity index (χ2v) is 24.8. The number of benzene rings is 4. The van der Waals surface area contributed by atoms with Crippen LogP contribution in [-0.2, 0) is 76.8 Å². The monoisotopic (exact) mass is 1350 g/mol. The Hall–Kier alpha value is -9.90. The average molecular weight is 1350 g/mol. The number of aliphatic imine (C=N–C) groups is 1. The van der Waals surface area contributed by atoms with Crippen LogP contribution >= 0.6 is 11.6 Å². The van der Waals surface area contributed by atoms with Crippen LogP contribution < -0.4 is 70.4 Å². The minimum atomic E-state index is -1.79. The Morgan fingerprint density at radius 3 is 1.91 bits per heavy atom. The highest BCUT2D eigenvalue weighted by molar-refractivity contribution is 6.30. The van der Waals surface area contributed by atoms with Gasteiger partial charge in [-0.05, 0) is 116 Å². The number of hydrogen-bond donors (Lipinski definition) is 15. The first-order chi connectivity index (χ1) is 45.7. The fourth-order valence-corrected chi connectivity index (χ4v) is 11.2. The lowest BCUT2D eigenvalue weighted by Crippen LogP contribution is -2.61. The SMILES string of the molecule is CC(=O)N[C@H]1CC(=O)N[C@H](C(=O)N[C@@H](CO)C(=O)N[C@@H](Cc2ccc(O)cc2)C(=O)N[C@H](Cc2ccc3ccccc3c2)C(=O)N[C@H](CC(C)C)C(=O)N[C@@H](CCCN=C(N)N)C(=O)N2CCC[C@H]2C(=O)N[C@H](C)C(N)=O)CCCCNC(=O)[C@@H](Cc2ccc(Cl)cc2)NC1=O. The number of nitrogens with zero attached hydrogens (tertiary/aromatic N) is 2. The van der Waals surface area contributed by atoms with E-state index in [1.807, 2.05) is 36.4 Å². The quantitative estimate of drug-likeness (QED) is 0.0182. The number of likely N-dealkylation sites (tertiary alicyclic amines) is 1. The fraction of sp³-hybridized carbons (Fsp3) is 0.470. The van der Waals surface area contributed by atoms with E-state index in [9.17, 15) is 58.2 Å². The van der Waals surface area contributed by atoms with E-state index >= 15 is 9.59 Å². The summed E-state index contributed by atoms with van der Waals surface area (Å²) in [5.41, 5.74) is 18.2. The number of aliphatic hydroxyl groups is 1. The van der Waals surface area contributed by atoms with Gasteiger partial charge in [-0.15, -0.1) is 0 Å². The van der Waals surface area contributed by atoms with Gasteiger partial charge in [0.2, 0.25) is 70.9 Å². The highest BCUT2D eigenvalue weighted by Gasteiger charge is 2.40. The molecule has 12 amide bonds. The van der Waals surface area contributed by atoms with Crippen molar-refractivity contribution >= 4 is 99.2 Å². The number of guanidine groups is 1. The molecule has 518 valence electrons. The standard InChI is InChI=1S/C66H88ClN15O14/c1-36(2)29-48(59(90)76-47(14-9-27-72-66(69)70)65(96)82-28-10-15-54(82)64(95)73-37(3)56(68)87)77-61(92)51(33-41-16-21-42-11-5-6-12-43(42)30-41)79-60(91)50(32-40-19-24-45(85)25-20-40)80-63(94)53(35-83)81-58(89)46-13-7-8-26-71-57(88)49(31-39-17-22-44(67)23-18-39)78-62(93)52(74-38(4)84)34-55(86)75-46/h5-6,11-12,16-25,30,36-37,46-54,83,85H,7-10,13-15,26-29,31-35H2,1-4H3,(H2,68,87)(H,71,88)(H,73,95)(H,74,84)(H,75,86)(H,76,90)(H,77,92)(H,78,93)(H,79,91)(H,80,94)(H,81,89)(H4,69,70,72)/t37-,46+,47+,48-,49-,50+,51-,52+,53+,54+/m1/s1. The first-order valence-electron chi connectivity index (χ1n) is 31.9. The zero-order valence-electron chi connectivity index (χ0n) is 54.1. The van der Waals surface area contributed by atoms with E-state index in [1.54, 1.807) is 44.2 Å². The Bertz CT molecular complexity index is 3460. The number of rotatable bonds is 28. The van der Waals surface area contributed by atoms with Gasteiger partial charge >= 0.3 is 0 Å². The lowest BCUT2D eigenvalue weighted by Gasteiger charge is -2.31. The fourth-order valence-electron chi connectivity index (χ4n) is 11.1. The van der Waals surface area contributed by atoms with Crippen molar-refractivity contribution in [3.8, 4) is 5.75 Å². The number of carbonyl (C=O) groups is 12. The Balaban J connectivity index is 1.25. The third kappa shape index (κ3) is 23.5. The molecule has 29 nitrogen and oxygen atoms in total. The molecule has 0 spiro atoms. The molecule has 0 saturated carbocycles. The van der Waals surface area contributed by atoms with Crippen molar-refractivity contribution in [2.24, 2.45) is 28.1 Å². The summed E-state index contributed by atoms with van der Waals surface area (Å²) in [5, 5.41) is 49.4. The number of nitrogens with one attached hydrogen (secondary N) is 10. The van der Waals surface area contributed by atoms with Crippen LogP contribution in [-0.4, -0.2) is 179 Å². The number of phenolic OH excluding ortho intramolecular Hbond substituents is 1. The molecule has 4 aromatic carbocycles. The highest BCUT2D eigenvalue weighted by Crippen LogP contribution is 2.22. The molecule has 0 radical (unpaired) electrons. The Labute approximate surface area is 560 Å². The van der Waals surface area contributed by atoms with Crippen LogP contribution in [0.25, 0.3) is 10.8 Å². The molecular formula is C66H88ClN15O14. The smallest absolute Gasteiger partial charge is 0.245 e. The van der Waals surface area contributed by atoms with Crippen LogP contribution in [0.4, 0.5) is 0 Å². The van der Waals surface area contributed by atoms with Crippen molar-refractivity contribution in [2.45, 2.75) is 165 Å². The Morgan fingerprint density at radius 2 is 1.27 bits per heavy atom. The zero-order valence-corrected chi connectivity index (χ0v) is 54.9. The number of aliphatic hydroxyl groups excluding tert-OH is 1. The maximum atomic E-state index is 15.0. The predicted molar refractivity (Wildman–Crippen MR) is 355 cm³/mol. The molecule has 30 heteroatoms. The molecule has 2 heterocycles. The molecule has 2 fully saturated rings. The second kappa shape index (κ2) is 36.7. The third-order valence-corrected chi connectivity index (χ3v) is 16.4. The maximum Gasteiger partial charge on any atom is 0.245 e. The average Bonchev–Trinajstić information content (AvgIpc) is 1.49. The third-order valence-electron chi connectivity index (χ3n) is 16.2. The number of nitrogens with two attached hydrogens (primary N) is 3. The first-order valence-corrected chi connectivity index (χ1v) is 32.3. The number of carbonyl (C=O) groups excluding carboxylic acids is 12. The van der Waals surface area contributed by atoms with Gasteiger partial charge in [-0.3, -0.25) is 62.5 Å². The van der Waals surface area contributed by atoms with Crippen molar-refractivity contribution in [2.75, 3.05) is 26.2 Å². The summed E-state index contributed by atoms with van der Waals surface area (Å²) >= 11 is 6.06. The summed E-state index contributed by atoms with van der Waals surface area (Å²) in [6.45, 7) is 5.36. The molecule has 2 saturated heterocycles. The molecule has 0 bridgehead atoms. The van der Waals surface area contributed by atoms with Crippen molar-refractivity contribution in [1.29, 1.82) is 0 Å². The van der Waals surface area contributed by atoms with E-state index < -0.39 is 144 Å². The summed E-state index contributed by atoms with van der Waals surface area (Å²) in [6.07, 6.45) is 0.136. The van der Waals surface area contributed by atoms with Crippen molar-refractivity contribution < 1.29 is 67.7 Å². The molecule has 0 aliphatic carbocycles. The number of fused-ring (bicyclic) bond motifs is 1. The van der Waals surface area contributed by atoms with E-state index in [4.69, 9.17) is 28.8 Å². The van der Waals surface area contributed by atoms with Crippen LogP contribution in [0.3, 0.4) is 0 Å². The summed E-state index contributed by atoms with van der Waals surface area (Å²) in [6, 6.07) is 11.4. The summed E-state index contributed by atoms with van der Waals surface area (Å²) in [7, 11) is 0. The molecule has 0 aromatic heterocycles. The van der Waals surface area contributed by atoms with Crippen molar-refractivity contribution in [1.82, 2.24) is 58.1 Å². The normalized spacial score (nSPS) is 18.8. The highest BCUT2D eigenvalue weighted by atomic mass is 35.5. The van der Waals surface area contributed by atoms with Gasteiger partial charge in [-0.25, -0.2) is 0 Å². The number of halogens is 1. The topological polar surface area (TPSA) is 459 Å². The lowest BCUT2D eigenvalue weighted by molar-refractivity contribution is -0.142. The second-order valence-electron chi connectivity index (χ2n) is 24.4. The zero-order chi connectivity index (χ0) is 70.2. The van der Waals surface area contributed by atoms with Crippen molar-refractivity contribution in [3.63, 3.8) is 0 Å². The van der Waals surface area contributed by atoms with Gasteiger partial charge < -0.3 is 85.5 Å². The number of aromatic hydroxyl groups is 1. The predicted octanol–water partition coefficient (Wildman–Crippen LogP) is -1.11. The molecule has 4 aromatic rings. The van der Waals surface area contributed by atoms with E-state index in [0.717, 1.165) is 17.7 Å². The van der Waals surface area contributed by atoms with Gasteiger partial charge in [0.25, 0.3) is 0 Å². The van der Waals surface area contributed by atoms with E-state index in [2.05, 4.69) is 58.2 Å². The summed E-state index contributed by atoms with van der Waals surface area (Å²) < 4.78 is 0. The van der Waals surface area contributed by atoms with E-state index in [-0.39, 0.29) is 101 Å². The van der Waals surface area contributed by atoms with Crippen LogP contribution in [0.15, 0.2) is 96.0 Å². The molecule has 18 N–H and O–H groups in total.